The molecule has 1 atom stereocenters. The van der Waals surface area contributed by atoms with Crippen LogP contribution in [-0.4, -0.2) is 34.3 Å². The SMILES string of the molecule is CCNC(=O)[C@H](C)OC(=O)c1cn(-c2ccccc2)nc1-c1cccc(C)c1. The van der Waals surface area contributed by atoms with Crippen molar-refractivity contribution in [3.05, 3.63) is 71.9 Å². The number of hydrogen-bond acceptors (Lipinski definition) is 4. The molecule has 0 bridgehead atoms. The van der Waals surface area contributed by atoms with Gasteiger partial charge in [-0.3, -0.25) is 4.79 Å². The molecule has 0 fully saturated rings. The number of aryl methyl sites for hydroxylation is 1. The number of aromatic nitrogens is 2. The van der Waals surface area contributed by atoms with E-state index in [0.29, 0.717) is 17.8 Å². The van der Waals surface area contributed by atoms with Gasteiger partial charge in [-0.1, -0.05) is 42.0 Å². The Balaban J connectivity index is 1.99. The van der Waals surface area contributed by atoms with Crippen LogP contribution in [0, 0.1) is 6.92 Å². The highest BCUT2D eigenvalue weighted by atomic mass is 16.5. The van der Waals surface area contributed by atoms with E-state index in [1.54, 1.807) is 17.8 Å². The lowest BCUT2D eigenvalue weighted by atomic mass is 10.1. The molecule has 1 N–H and O–H groups in total. The van der Waals surface area contributed by atoms with Gasteiger partial charge in [0, 0.05) is 18.3 Å². The van der Waals surface area contributed by atoms with Crippen LogP contribution in [-0.2, 0) is 9.53 Å². The summed E-state index contributed by atoms with van der Waals surface area (Å²) in [6.45, 7) is 5.82. The average Bonchev–Trinajstić information content (AvgIpc) is 3.14. The minimum absolute atomic E-state index is 0.311. The molecule has 1 heterocycles. The molecule has 0 aliphatic heterocycles. The summed E-state index contributed by atoms with van der Waals surface area (Å²) in [5.41, 5.74) is 3.52. The monoisotopic (exact) mass is 377 g/mol. The molecular weight excluding hydrogens is 354 g/mol. The second-order valence-corrected chi connectivity index (χ2v) is 6.48. The number of para-hydroxylation sites is 1. The van der Waals surface area contributed by atoms with Gasteiger partial charge in [-0.2, -0.15) is 5.10 Å². The van der Waals surface area contributed by atoms with Crippen LogP contribution in [0.2, 0.25) is 0 Å². The number of hydrogen-bond donors (Lipinski definition) is 1. The smallest absolute Gasteiger partial charge is 0.342 e. The van der Waals surface area contributed by atoms with E-state index in [1.807, 2.05) is 68.4 Å². The second kappa shape index (κ2) is 8.52. The lowest BCUT2D eigenvalue weighted by Gasteiger charge is -2.12. The fourth-order valence-corrected chi connectivity index (χ4v) is 2.84. The quantitative estimate of drug-likeness (QED) is 0.667. The fraction of sp³-hybridized carbons (Fsp3) is 0.227. The summed E-state index contributed by atoms with van der Waals surface area (Å²) in [6, 6.07) is 17.3. The molecule has 3 rings (SSSR count). The molecule has 0 spiro atoms. The third-order valence-corrected chi connectivity index (χ3v) is 4.25. The number of nitrogens with one attached hydrogen (secondary N) is 1. The van der Waals surface area contributed by atoms with Gasteiger partial charge in [0.15, 0.2) is 6.10 Å². The highest BCUT2D eigenvalue weighted by Gasteiger charge is 2.24. The summed E-state index contributed by atoms with van der Waals surface area (Å²) in [6.07, 6.45) is 0.748. The van der Waals surface area contributed by atoms with Crippen molar-refractivity contribution in [2.24, 2.45) is 0 Å². The molecule has 144 valence electrons. The number of amides is 1. The van der Waals surface area contributed by atoms with Crippen molar-refractivity contribution in [1.29, 1.82) is 0 Å². The van der Waals surface area contributed by atoms with E-state index in [2.05, 4.69) is 10.4 Å². The van der Waals surface area contributed by atoms with Crippen molar-refractivity contribution in [2.75, 3.05) is 6.54 Å². The zero-order chi connectivity index (χ0) is 20.1. The summed E-state index contributed by atoms with van der Waals surface area (Å²) in [5.74, 6) is -0.916. The summed E-state index contributed by atoms with van der Waals surface area (Å²) in [7, 11) is 0. The van der Waals surface area contributed by atoms with Gasteiger partial charge in [-0.05, 0) is 39.0 Å². The van der Waals surface area contributed by atoms with Crippen molar-refractivity contribution in [3.63, 3.8) is 0 Å². The Labute approximate surface area is 164 Å². The largest absolute Gasteiger partial charge is 0.449 e. The van der Waals surface area contributed by atoms with Crippen LogP contribution in [0.25, 0.3) is 16.9 Å². The standard InChI is InChI=1S/C22H23N3O3/c1-4-23-21(26)16(3)28-22(27)19-14-25(18-11-6-5-7-12-18)24-20(19)17-10-8-9-15(2)13-17/h5-14,16H,4H2,1-3H3,(H,23,26)/t16-/m0/s1. The number of carbonyl (C=O) groups excluding carboxylic acids is 2. The summed E-state index contributed by atoms with van der Waals surface area (Å²) in [4.78, 5) is 24.8. The first-order chi connectivity index (χ1) is 13.5. The van der Waals surface area contributed by atoms with E-state index >= 15 is 0 Å². The molecule has 0 radical (unpaired) electrons. The second-order valence-electron chi connectivity index (χ2n) is 6.48. The molecule has 6 nitrogen and oxygen atoms in total. The van der Waals surface area contributed by atoms with E-state index in [1.165, 1.54) is 0 Å². The van der Waals surface area contributed by atoms with Gasteiger partial charge in [-0.25, -0.2) is 9.48 Å². The molecule has 1 amide bonds. The van der Waals surface area contributed by atoms with Crippen molar-refractivity contribution in [1.82, 2.24) is 15.1 Å². The van der Waals surface area contributed by atoms with Crippen molar-refractivity contribution in [2.45, 2.75) is 26.9 Å². The number of ether oxygens (including phenoxy) is 1. The van der Waals surface area contributed by atoms with Gasteiger partial charge in [0.2, 0.25) is 0 Å². The zero-order valence-corrected chi connectivity index (χ0v) is 16.2. The van der Waals surface area contributed by atoms with Crippen molar-refractivity contribution >= 4 is 11.9 Å². The molecule has 28 heavy (non-hydrogen) atoms. The lowest BCUT2D eigenvalue weighted by Crippen LogP contribution is -2.35. The Kier molecular flexibility index (Phi) is 5.89. The van der Waals surface area contributed by atoms with Crippen molar-refractivity contribution in [3.8, 4) is 16.9 Å². The predicted molar refractivity (Wildman–Crippen MR) is 107 cm³/mol. The molecule has 3 aromatic rings. The molecule has 0 unspecified atom stereocenters. The van der Waals surface area contributed by atoms with Crippen molar-refractivity contribution < 1.29 is 14.3 Å². The minimum atomic E-state index is -0.891. The van der Waals surface area contributed by atoms with Crippen LogP contribution in [0.3, 0.4) is 0 Å². The van der Waals surface area contributed by atoms with E-state index in [0.717, 1.165) is 16.8 Å². The molecule has 0 saturated heterocycles. The van der Waals surface area contributed by atoms with Gasteiger partial charge >= 0.3 is 5.97 Å². The van der Waals surface area contributed by atoms with E-state index in [4.69, 9.17) is 4.74 Å². The van der Waals surface area contributed by atoms with Gasteiger partial charge in [0.1, 0.15) is 11.3 Å². The zero-order valence-electron chi connectivity index (χ0n) is 16.2. The van der Waals surface area contributed by atoms with Gasteiger partial charge in [0.05, 0.1) is 5.69 Å². The average molecular weight is 377 g/mol. The number of benzene rings is 2. The fourth-order valence-electron chi connectivity index (χ4n) is 2.84. The number of likely N-dealkylation sites (N-methyl/N-ethyl adjacent to an activating group) is 1. The molecule has 1 aromatic heterocycles. The first-order valence-electron chi connectivity index (χ1n) is 9.20. The predicted octanol–water partition coefficient (Wildman–Crippen LogP) is 3.53. The highest BCUT2D eigenvalue weighted by molar-refractivity contribution is 5.97. The van der Waals surface area contributed by atoms with Gasteiger partial charge < -0.3 is 10.1 Å². The number of nitrogens with zero attached hydrogens (tertiary/aromatic N) is 2. The maximum Gasteiger partial charge on any atom is 0.342 e. The molecule has 0 saturated carbocycles. The topological polar surface area (TPSA) is 73.2 Å². The Morgan fingerprint density at radius 3 is 2.57 bits per heavy atom. The van der Waals surface area contributed by atoms with Crippen LogP contribution in [0.15, 0.2) is 60.8 Å². The molecular formula is C22H23N3O3. The van der Waals surface area contributed by atoms with Crippen LogP contribution < -0.4 is 5.32 Å². The molecule has 6 heteroatoms. The lowest BCUT2D eigenvalue weighted by molar-refractivity contribution is -0.128. The summed E-state index contributed by atoms with van der Waals surface area (Å²) >= 11 is 0. The first-order valence-corrected chi connectivity index (χ1v) is 9.20. The maximum absolute atomic E-state index is 12.8. The third kappa shape index (κ3) is 4.28. The van der Waals surface area contributed by atoms with E-state index in [-0.39, 0.29) is 5.91 Å². The van der Waals surface area contributed by atoms with E-state index < -0.39 is 12.1 Å². The van der Waals surface area contributed by atoms with Crippen LogP contribution in [0.5, 0.6) is 0 Å². The van der Waals surface area contributed by atoms with E-state index in [9.17, 15) is 9.59 Å². The molecule has 0 aliphatic rings. The Bertz CT molecular complexity index is 980. The molecule has 0 aliphatic carbocycles. The van der Waals surface area contributed by atoms with Crippen LogP contribution >= 0.6 is 0 Å². The van der Waals surface area contributed by atoms with Gasteiger partial charge in [-0.15, -0.1) is 0 Å². The Morgan fingerprint density at radius 1 is 1.14 bits per heavy atom. The molecule has 2 aromatic carbocycles. The Hall–Kier alpha value is -3.41. The van der Waals surface area contributed by atoms with Crippen LogP contribution in [0.4, 0.5) is 0 Å². The maximum atomic E-state index is 12.8. The first kappa shape index (κ1) is 19.4. The summed E-state index contributed by atoms with van der Waals surface area (Å²) in [5, 5.41) is 7.27. The number of carbonyl (C=O) groups is 2. The van der Waals surface area contributed by atoms with Crippen LogP contribution in [0.1, 0.15) is 29.8 Å². The third-order valence-electron chi connectivity index (χ3n) is 4.25. The summed E-state index contributed by atoms with van der Waals surface area (Å²) < 4.78 is 7.03. The number of rotatable bonds is 6. The minimum Gasteiger partial charge on any atom is -0.449 e. The van der Waals surface area contributed by atoms with Gasteiger partial charge in [0.25, 0.3) is 5.91 Å². The normalized spacial score (nSPS) is 11.7. The highest BCUT2D eigenvalue weighted by Crippen LogP contribution is 2.25. The number of esters is 1. The Morgan fingerprint density at radius 2 is 1.89 bits per heavy atom.